The van der Waals surface area contributed by atoms with Crippen LogP contribution in [0.15, 0.2) is 40.7 Å². The van der Waals surface area contributed by atoms with Crippen molar-refractivity contribution in [2.45, 2.75) is 0 Å². The van der Waals surface area contributed by atoms with Gasteiger partial charge in [0.15, 0.2) is 0 Å². The monoisotopic (exact) mass is 345 g/mol. The van der Waals surface area contributed by atoms with Crippen LogP contribution in [0.3, 0.4) is 0 Å². The fraction of sp³-hybridized carbons (Fsp3) is 0. The summed E-state index contributed by atoms with van der Waals surface area (Å²) in [4.78, 5) is 4.12. The summed E-state index contributed by atoms with van der Waals surface area (Å²) < 4.78 is 13.0. The second-order valence-corrected chi connectivity index (χ2v) is 3.66. The van der Waals surface area contributed by atoms with Gasteiger partial charge in [-0.05, 0) is 34.8 Å². The molecule has 8 heteroatoms. The van der Waals surface area contributed by atoms with E-state index in [4.69, 9.17) is 5.73 Å². The predicted octanol–water partition coefficient (Wildman–Crippen LogP) is 2.26. The molecule has 0 amide bonds. The molecule has 19 heavy (non-hydrogen) atoms. The van der Waals surface area contributed by atoms with E-state index in [0.29, 0.717) is 5.69 Å². The number of amidine groups is 1. The summed E-state index contributed by atoms with van der Waals surface area (Å²) >= 11 is 8.21. The number of pyridine rings is 1. The van der Waals surface area contributed by atoms with E-state index in [2.05, 4.69) is 53.0 Å². The van der Waals surface area contributed by atoms with E-state index in [-0.39, 0.29) is 11.0 Å². The van der Waals surface area contributed by atoms with E-state index in [1.54, 1.807) is 18.3 Å². The van der Waals surface area contributed by atoms with Crippen molar-refractivity contribution in [1.29, 1.82) is 0 Å². The maximum atomic E-state index is 13.0. The van der Waals surface area contributed by atoms with E-state index in [0.717, 1.165) is 10.8 Å². The Labute approximate surface area is 127 Å². The zero-order valence-corrected chi connectivity index (χ0v) is 11.9. The van der Waals surface area contributed by atoms with Crippen LogP contribution in [0.4, 0.5) is 4.39 Å². The molecule has 0 aliphatic carbocycles. The summed E-state index contributed by atoms with van der Waals surface area (Å²) in [6, 6.07) is 6.16. The molecule has 2 N–H and O–H groups in total. The molecule has 0 unspecified atom stereocenters. The van der Waals surface area contributed by atoms with Gasteiger partial charge in [0, 0.05) is 11.6 Å². The van der Waals surface area contributed by atoms with Crippen LogP contribution in [0, 0.1) is 5.82 Å². The molecule has 1 heterocycles. The molecule has 0 fully saturated rings. The van der Waals surface area contributed by atoms with Gasteiger partial charge in [0.2, 0.25) is 0 Å². The summed E-state index contributed by atoms with van der Waals surface area (Å²) in [5.74, 6) is -0.292. The van der Waals surface area contributed by atoms with Crippen LogP contribution in [0.25, 0.3) is 10.8 Å². The van der Waals surface area contributed by atoms with Crippen molar-refractivity contribution in [3.63, 3.8) is 0 Å². The van der Waals surface area contributed by atoms with Crippen molar-refractivity contribution in [3.05, 3.63) is 42.0 Å². The van der Waals surface area contributed by atoms with Crippen LogP contribution >= 0.6 is 10.1 Å². The molecule has 0 atom stereocenters. The number of aromatic nitrogens is 1. The molecule has 4 nitrogen and oxygen atoms in total. The number of fused-ring (bicyclic) bond motifs is 1. The first kappa shape index (κ1) is 15.8. The molecule has 0 aliphatic rings. The number of rotatable bonds is 2. The average Bonchev–Trinajstić information content (AvgIpc) is 2.40. The van der Waals surface area contributed by atoms with Crippen LogP contribution in [0.2, 0.25) is 0 Å². The molecular formula is C11H8ClCuFN4S. The Morgan fingerprint density at radius 3 is 2.84 bits per heavy atom. The van der Waals surface area contributed by atoms with Gasteiger partial charge in [-0.3, -0.25) is 4.98 Å². The van der Waals surface area contributed by atoms with Crippen LogP contribution < -0.4 is 5.73 Å². The summed E-state index contributed by atoms with van der Waals surface area (Å²) in [5.41, 5.74) is 5.76. The minimum atomic E-state index is -0.292. The van der Waals surface area contributed by atoms with Crippen molar-refractivity contribution in [2.75, 3.05) is 0 Å². The van der Waals surface area contributed by atoms with E-state index in [9.17, 15) is 4.39 Å². The summed E-state index contributed by atoms with van der Waals surface area (Å²) in [6.07, 6.45) is 3.00. The maximum absolute atomic E-state index is 13.0. The fourth-order valence-corrected chi connectivity index (χ4v) is 1.46. The Morgan fingerprint density at radius 2 is 2.16 bits per heavy atom. The zero-order valence-electron chi connectivity index (χ0n) is 9.35. The van der Waals surface area contributed by atoms with E-state index >= 15 is 0 Å². The third-order valence-corrected chi connectivity index (χ3v) is 2.18. The molecule has 0 spiro atoms. The Kier molecular flexibility index (Phi) is 6.66. The fourth-order valence-electron chi connectivity index (χ4n) is 1.42. The number of nitrogens with zero attached hydrogens (tertiary/aromatic N) is 3. The van der Waals surface area contributed by atoms with Crippen molar-refractivity contribution < 1.29 is 19.5 Å². The average molecular weight is 346 g/mol. The van der Waals surface area contributed by atoms with Crippen molar-refractivity contribution in [1.82, 2.24) is 4.98 Å². The van der Waals surface area contributed by atoms with E-state index in [1.165, 1.54) is 18.3 Å². The molecule has 0 saturated heterocycles. The van der Waals surface area contributed by atoms with Crippen molar-refractivity contribution in [2.24, 2.45) is 15.9 Å². The Balaban J connectivity index is 0.000000861. The predicted molar refractivity (Wildman–Crippen MR) is 74.1 cm³/mol. The van der Waals surface area contributed by atoms with Gasteiger partial charge in [-0.15, -0.1) is 0 Å². The van der Waals surface area contributed by atoms with Gasteiger partial charge in [-0.1, -0.05) is 0 Å². The molecule has 0 radical (unpaired) electrons. The third kappa shape index (κ3) is 4.72. The Bertz CT molecular complexity index is 617. The van der Waals surface area contributed by atoms with Crippen molar-refractivity contribution in [3.8, 4) is 0 Å². The third-order valence-electron chi connectivity index (χ3n) is 2.09. The molecule has 1 aromatic carbocycles. The molecule has 103 valence electrons. The van der Waals surface area contributed by atoms with Gasteiger partial charge in [0.1, 0.15) is 5.82 Å². The molecule has 1 aromatic heterocycles. The van der Waals surface area contributed by atoms with Crippen molar-refractivity contribution >= 4 is 44.9 Å². The second kappa shape index (κ2) is 8.01. The number of halogens is 2. The minimum absolute atomic E-state index is 0.0486. The zero-order chi connectivity index (χ0) is 14.3. The molecule has 2 rings (SSSR count). The summed E-state index contributed by atoms with van der Waals surface area (Å²) in [7, 11) is 4.20. The van der Waals surface area contributed by atoms with Gasteiger partial charge in [0.25, 0.3) is 0 Å². The molecule has 0 aliphatic heterocycles. The first-order valence-corrected chi connectivity index (χ1v) is 6.56. The number of hydrogen-bond donors (Lipinski definition) is 1. The van der Waals surface area contributed by atoms with Gasteiger partial charge in [0.05, 0.1) is 11.9 Å². The van der Waals surface area contributed by atoms with Gasteiger partial charge in [-0.2, -0.15) is 10.2 Å². The van der Waals surface area contributed by atoms with E-state index in [1.807, 2.05) is 0 Å². The topological polar surface area (TPSA) is 63.6 Å². The Morgan fingerprint density at radius 1 is 1.42 bits per heavy atom. The molecule has 0 saturated carbocycles. The first-order valence-electron chi connectivity index (χ1n) is 4.86. The van der Waals surface area contributed by atoms with Crippen LogP contribution in [0.5, 0.6) is 0 Å². The quantitative estimate of drug-likeness (QED) is 0.298. The SMILES string of the molecule is N/C([S-])=N/N=C/c1nccc2cc(F)ccc12.[Cl][Cu+]. The van der Waals surface area contributed by atoms with Crippen LogP contribution in [-0.2, 0) is 27.7 Å². The van der Waals surface area contributed by atoms with Crippen LogP contribution in [0.1, 0.15) is 5.69 Å². The Hall–Kier alpha value is -1.27. The number of nitrogens with two attached hydrogens (primary N) is 1. The standard InChI is InChI=1S/C11H9FN4S.ClH.Cu/c12-8-1-2-9-7(5-8)3-4-14-10(9)6-15-16-11(13)17;;/h1-6H,(H3,13,16,17);1H;/q;;+2/p-2/b15-6+;;. The van der Waals surface area contributed by atoms with Gasteiger partial charge in [-0.25, -0.2) is 4.39 Å². The van der Waals surface area contributed by atoms with E-state index < -0.39 is 0 Å². The van der Waals surface area contributed by atoms with Gasteiger partial charge >= 0.3 is 25.2 Å². The molecule has 0 bridgehead atoms. The summed E-state index contributed by atoms with van der Waals surface area (Å²) in [5, 5.41) is 8.69. The number of hydrogen-bond acceptors (Lipinski definition) is 4. The summed E-state index contributed by atoms with van der Waals surface area (Å²) in [6.45, 7) is 0. The normalized spacial score (nSPS) is 11.5. The molecular weight excluding hydrogens is 338 g/mol. The first-order chi connectivity index (χ1) is 9.16. The number of benzene rings is 1. The van der Waals surface area contributed by atoms with Gasteiger partial charge < -0.3 is 18.4 Å². The second-order valence-electron chi connectivity index (χ2n) is 3.24. The molecule has 2 aromatic rings. The van der Waals surface area contributed by atoms with Crippen LogP contribution in [-0.4, -0.2) is 16.4 Å².